The van der Waals surface area contributed by atoms with Crippen LogP contribution in [0, 0.1) is 5.82 Å². The number of hydrogen-bond donors (Lipinski definition) is 0. The summed E-state index contributed by atoms with van der Waals surface area (Å²) in [7, 11) is 4.13. The van der Waals surface area contributed by atoms with E-state index in [0.717, 1.165) is 29.4 Å². The molecule has 0 amide bonds. The summed E-state index contributed by atoms with van der Waals surface area (Å²) in [6.07, 6.45) is 2.85. The highest BCUT2D eigenvalue weighted by atomic mass is 35.5. The molecule has 31 heavy (non-hydrogen) atoms. The Hall–Kier alpha value is -1.24. The Balaban J connectivity index is 1.71. The van der Waals surface area contributed by atoms with Crippen molar-refractivity contribution in [3.8, 4) is 0 Å². The SMILES string of the molecule is CN(C)CC1CC(C)(c2ccc(Cl)c(Cl)c2)c2cnc(SCc3c(F)cccc3Cl)n21. The van der Waals surface area contributed by atoms with E-state index in [1.54, 1.807) is 12.1 Å². The molecule has 2 aromatic carbocycles. The Morgan fingerprint density at radius 3 is 2.61 bits per heavy atom. The van der Waals surface area contributed by atoms with Crippen LogP contribution in [0.5, 0.6) is 0 Å². The van der Waals surface area contributed by atoms with E-state index in [9.17, 15) is 4.39 Å². The zero-order valence-corrected chi connectivity index (χ0v) is 20.6. The number of benzene rings is 2. The van der Waals surface area contributed by atoms with E-state index in [1.165, 1.54) is 17.8 Å². The van der Waals surface area contributed by atoms with Gasteiger partial charge in [-0.15, -0.1) is 0 Å². The van der Waals surface area contributed by atoms with Crippen molar-refractivity contribution in [2.45, 2.75) is 35.7 Å². The van der Waals surface area contributed by atoms with Gasteiger partial charge in [0.05, 0.1) is 16.2 Å². The van der Waals surface area contributed by atoms with Crippen LogP contribution < -0.4 is 0 Å². The molecular weight excluding hydrogens is 476 g/mol. The maximum atomic E-state index is 14.3. The van der Waals surface area contributed by atoms with Crippen LogP contribution in [0.2, 0.25) is 15.1 Å². The average Bonchev–Trinajstić information content (AvgIpc) is 3.24. The predicted molar refractivity (Wildman–Crippen MR) is 128 cm³/mol. The topological polar surface area (TPSA) is 21.1 Å². The molecule has 1 aromatic heterocycles. The molecule has 8 heteroatoms. The van der Waals surface area contributed by atoms with Crippen molar-refractivity contribution in [2.75, 3.05) is 20.6 Å². The van der Waals surface area contributed by atoms with Crippen LogP contribution in [0.4, 0.5) is 4.39 Å². The van der Waals surface area contributed by atoms with Crippen LogP contribution in [0.1, 0.15) is 36.2 Å². The van der Waals surface area contributed by atoms with Gasteiger partial charge in [-0.3, -0.25) is 0 Å². The van der Waals surface area contributed by atoms with Crippen molar-refractivity contribution in [3.63, 3.8) is 0 Å². The summed E-state index contributed by atoms with van der Waals surface area (Å²) >= 11 is 20.2. The lowest BCUT2D eigenvalue weighted by Crippen LogP contribution is -2.24. The molecular formula is C23H23Cl3FN3S. The molecule has 164 valence electrons. The van der Waals surface area contributed by atoms with Crippen LogP contribution >= 0.6 is 46.6 Å². The van der Waals surface area contributed by atoms with Crippen LogP contribution in [0.3, 0.4) is 0 Å². The second kappa shape index (κ2) is 8.95. The van der Waals surface area contributed by atoms with Gasteiger partial charge in [-0.05, 0) is 57.3 Å². The van der Waals surface area contributed by atoms with Gasteiger partial charge in [0.2, 0.25) is 0 Å². The minimum atomic E-state index is -0.293. The highest BCUT2D eigenvalue weighted by molar-refractivity contribution is 7.98. The number of aromatic nitrogens is 2. The molecule has 0 saturated heterocycles. The highest BCUT2D eigenvalue weighted by Crippen LogP contribution is 2.49. The van der Waals surface area contributed by atoms with E-state index in [1.807, 2.05) is 24.4 Å². The fourth-order valence-electron chi connectivity index (χ4n) is 4.36. The number of rotatable bonds is 6. The molecule has 4 rings (SSSR count). The van der Waals surface area contributed by atoms with Gasteiger partial charge in [-0.2, -0.15) is 0 Å². The largest absolute Gasteiger partial charge is 0.318 e. The first-order chi connectivity index (χ1) is 14.7. The average molecular weight is 499 g/mol. The monoisotopic (exact) mass is 497 g/mol. The number of likely N-dealkylation sites (N-methyl/N-ethyl adjacent to an activating group) is 1. The molecule has 0 radical (unpaired) electrons. The number of halogens is 4. The summed E-state index contributed by atoms with van der Waals surface area (Å²) in [5.74, 6) is 0.124. The third kappa shape index (κ3) is 4.36. The Bertz CT molecular complexity index is 1100. The molecule has 0 bridgehead atoms. The van der Waals surface area contributed by atoms with E-state index in [2.05, 4.69) is 30.5 Å². The standard InChI is InChI=1S/C23H23Cl3FN3S/c1-23(14-7-8-18(25)19(26)9-14)10-15(12-29(2)3)30-21(23)11-28-22(30)31-13-16-17(24)5-4-6-20(16)27/h4-9,11,15H,10,12-13H2,1-3H3. The fourth-order valence-corrected chi connectivity index (χ4v) is 6.05. The van der Waals surface area contributed by atoms with Crippen molar-refractivity contribution >= 4 is 46.6 Å². The summed E-state index contributed by atoms with van der Waals surface area (Å²) in [5.41, 5.74) is 2.48. The van der Waals surface area contributed by atoms with Gasteiger partial charge in [0.1, 0.15) is 5.82 Å². The van der Waals surface area contributed by atoms with Gasteiger partial charge in [0.25, 0.3) is 0 Å². The lowest BCUT2D eigenvalue weighted by molar-refractivity contribution is 0.308. The summed E-state index contributed by atoms with van der Waals surface area (Å²) in [6.45, 7) is 3.09. The van der Waals surface area contributed by atoms with E-state index >= 15 is 0 Å². The molecule has 0 fully saturated rings. The molecule has 3 nitrogen and oxygen atoms in total. The fraction of sp³-hybridized carbons (Fsp3) is 0.348. The highest BCUT2D eigenvalue weighted by Gasteiger charge is 2.44. The minimum Gasteiger partial charge on any atom is -0.318 e. The summed E-state index contributed by atoms with van der Waals surface area (Å²) in [5, 5.41) is 2.39. The number of nitrogens with zero attached hydrogens (tertiary/aromatic N) is 3. The van der Waals surface area contributed by atoms with E-state index in [-0.39, 0.29) is 17.3 Å². The number of imidazole rings is 1. The van der Waals surface area contributed by atoms with Gasteiger partial charge >= 0.3 is 0 Å². The quantitative estimate of drug-likeness (QED) is 0.339. The first-order valence-corrected chi connectivity index (χ1v) is 12.1. The maximum absolute atomic E-state index is 14.3. The van der Waals surface area contributed by atoms with Crippen LogP contribution in [-0.2, 0) is 11.2 Å². The van der Waals surface area contributed by atoms with Crippen molar-refractivity contribution in [2.24, 2.45) is 0 Å². The molecule has 0 saturated carbocycles. The predicted octanol–water partition coefficient (Wildman–Crippen LogP) is 7.09. The molecule has 3 aromatic rings. The van der Waals surface area contributed by atoms with Crippen LogP contribution in [0.25, 0.3) is 0 Å². The summed E-state index contributed by atoms with van der Waals surface area (Å²) in [4.78, 5) is 6.89. The number of fused-ring (bicyclic) bond motifs is 1. The molecule has 2 atom stereocenters. The first kappa shape index (κ1) is 22.9. The molecule has 2 unspecified atom stereocenters. The van der Waals surface area contributed by atoms with Crippen molar-refractivity contribution in [3.05, 3.63) is 80.3 Å². The van der Waals surface area contributed by atoms with Crippen molar-refractivity contribution < 1.29 is 4.39 Å². The smallest absolute Gasteiger partial charge is 0.168 e. The zero-order valence-electron chi connectivity index (χ0n) is 17.5. The van der Waals surface area contributed by atoms with Gasteiger partial charge < -0.3 is 9.47 Å². The van der Waals surface area contributed by atoms with Crippen molar-refractivity contribution in [1.82, 2.24) is 14.5 Å². The maximum Gasteiger partial charge on any atom is 0.168 e. The minimum absolute atomic E-state index is 0.227. The van der Waals surface area contributed by atoms with E-state index < -0.39 is 0 Å². The molecule has 1 aliphatic heterocycles. The molecule has 0 N–H and O–H groups in total. The second-order valence-corrected chi connectivity index (χ2v) is 10.5. The number of hydrogen-bond acceptors (Lipinski definition) is 3. The van der Waals surface area contributed by atoms with Crippen molar-refractivity contribution in [1.29, 1.82) is 0 Å². The zero-order chi connectivity index (χ0) is 22.3. The van der Waals surface area contributed by atoms with Crippen LogP contribution in [-0.4, -0.2) is 35.1 Å². The normalized spacial score (nSPS) is 20.5. The molecule has 0 aliphatic carbocycles. The summed E-state index contributed by atoms with van der Waals surface area (Å²) in [6, 6.07) is 10.8. The van der Waals surface area contributed by atoms with Gasteiger partial charge in [0, 0.05) is 40.0 Å². The lowest BCUT2D eigenvalue weighted by atomic mass is 9.77. The van der Waals surface area contributed by atoms with Gasteiger partial charge in [0.15, 0.2) is 5.16 Å². The Kier molecular flexibility index (Phi) is 6.62. The van der Waals surface area contributed by atoms with Gasteiger partial charge in [-0.1, -0.05) is 58.7 Å². The van der Waals surface area contributed by atoms with Gasteiger partial charge in [-0.25, -0.2) is 9.37 Å². The summed E-state index contributed by atoms with van der Waals surface area (Å²) < 4.78 is 16.6. The van der Waals surface area contributed by atoms with E-state index in [4.69, 9.17) is 39.8 Å². The molecule has 2 heterocycles. The molecule has 1 aliphatic rings. The first-order valence-electron chi connectivity index (χ1n) is 9.94. The Morgan fingerprint density at radius 2 is 1.94 bits per heavy atom. The third-order valence-corrected chi connectivity index (χ3v) is 7.96. The van der Waals surface area contributed by atoms with Crippen LogP contribution in [0.15, 0.2) is 47.8 Å². The third-order valence-electron chi connectivity index (χ3n) is 5.88. The number of thioether (sulfide) groups is 1. The van der Waals surface area contributed by atoms with E-state index in [0.29, 0.717) is 26.4 Å². The lowest BCUT2D eigenvalue weighted by Gasteiger charge is -2.25. The second-order valence-electron chi connectivity index (χ2n) is 8.37. The Labute approximate surface area is 201 Å². The Morgan fingerprint density at radius 1 is 1.16 bits per heavy atom. The molecule has 0 spiro atoms.